The highest BCUT2D eigenvalue weighted by atomic mass is 19.2. The van der Waals surface area contributed by atoms with E-state index < -0.39 is 41.4 Å². The van der Waals surface area contributed by atoms with Crippen LogP contribution in [0, 0.1) is 11.6 Å². The number of carbonyl (C=O) groups is 1. The zero-order chi connectivity index (χ0) is 11.6. The van der Waals surface area contributed by atoms with E-state index in [9.17, 15) is 18.7 Å². The lowest BCUT2D eigenvalue weighted by molar-refractivity contribution is -0.137. The number of aromatic hydroxyl groups is 1. The summed E-state index contributed by atoms with van der Waals surface area (Å²) in [5.41, 5.74) is 4.80. The van der Waals surface area contributed by atoms with E-state index in [0.717, 1.165) is 12.1 Å². The lowest BCUT2D eigenvalue weighted by Crippen LogP contribution is -2.17. The molecule has 0 spiro atoms. The Hall–Kier alpha value is -1.69. The van der Waals surface area contributed by atoms with Crippen molar-refractivity contribution in [3.8, 4) is 5.75 Å². The highest BCUT2D eigenvalue weighted by Crippen LogP contribution is 2.28. The Morgan fingerprint density at radius 1 is 1.47 bits per heavy atom. The Balaban J connectivity index is 3.12. The second-order valence-corrected chi connectivity index (χ2v) is 3.00. The highest BCUT2D eigenvalue weighted by molar-refractivity contribution is 5.68. The molecule has 0 bridgehead atoms. The third-order valence-corrected chi connectivity index (χ3v) is 1.87. The molecule has 4 nitrogen and oxygen atoms in total. The smallest absolute Gasteiger partial charge is 0.305 e. The molecule has 1 unspecified atom stereocenters. The normalized spacial score (nSPS) is 12.5. The number of phenols is 1. The van der Waals surface area contributed by atoms with Crippen LogP contribution in [0.25, 0.3) is 0 Å². The zero-order valence-corrected chi connectivity index (χ0v) is 7.58. The number of carboxylic acid groups (broad SMARTS) is 1. The predicted molar refractivity (Wildman–Crippen MR) is 47.2 cm³/mol. The van der Waals surface area contributed by atoms with Gasteiger partial charge in [0, 0.05) is 11.6 Å². The minimum Gasteiger partial charge on any atom is -0.507 e. The largest absolute Gasteiger partial charge is 0.507 e. The molecule has 0 radical (unpaired) electrons. The van der Waals surface area contributed by atoms with Gasteiger partial charge in [-0.2, -0.15) is 0 Å². The second kappa shape index (κ2) is 4.22. The summed E-state index contributed by atoms with van der Waals surface area (Å²) in [6.45, 7) is 0. The van der Waals surface area contributed by atoms with Gasteiger partial charge in [0.25, 0.3) is 0 Å². The summed E-state index contributed by atoms with van der Waals surface area (Å²) in [4.78, 5) is 10.3. The Morgan fingerprint density at radius 2 is 2.07 bits per heavy atom. The highest BCUT2D eigenvalue weighted by Gasteiger charge is 2.21. The number of benzene rings is 1. The average molecular weight is 217 g/mol. The molecule has 0 saturated carbocycles. The quantitative estimate of drug-likeness (QED) is 0.709. The molecule has 1 aromatic rings. The molecule has 15 heavy (non-hydrogen) atoms. The van der Waals surface area contributed by atoms with Gasteiger partial charge in [0.05, 0.1) is 6.42 Å². The van der Waals surface area contributed by atoms with Gasteiger partial charge in [-0.1, -0.05) is 0 Å². The van der Waals surface area contributed by atoms with Crippen molar-refractivity contribution in [3.05, 3.63) is 29.3 Å². The van der Waals surface area contributed by atoms with Crippen molar-refractivity contribution in [1.82, 2.24) is 0 Å². The van der Waals surface area contributed by atoms with Crippen LogP contribution in [0.3, 0.4) is 0 Å². The maximum Gasteiger partial charge on any atom is 0.305 e. The first-order valence-corrected chi connectivity index (χ1v) is 4.07. The van der Waals surface area contributed by atoms with Crippen LogP contribution in [0.2, 0.25) is 0 Å². The van der Waals surface area contributed by atoms with Crippen molar-refractivity contribution in [3.63, 3.8) is 0 Å². The van der Waals surface area contributed by atoms with Crippen molar-refractivity contribution in [2.45, 2.75) is 12.5 Å². The number of hydrogen-bond donors (Lipinski definition) is 3. The maximum absolute atomic E-state index is 13.2. The van der Waals surface area contributed by atoms with Crippen LogP contribution in [0.5, 0.6) is 5.75 Å². The van der Waals surface area contributed by atoms with Crippen molar-refractivity contribution in [2.75, 3.05) is 0 Å². The van der Waals surface area contributed by atoms with E-state index in [2.05, 4.69) is 0 Å². The summed E-state index contributed by atoms with van der Waals surface area (Å²) in [6, 6.07) is 0.384. The zero-order valence-electron chi connectivity index (χ0n) is 7.58. The van der Waals surface area contributed by atoms with Gasteiger partial charge in [0.15, 0.2) is 11.6 Å². The minimum atomic E-state index is -1.32. The van der Waals surface area contributed by atoms with Crippen molar-refractivity contribution in [2.24, 2.45) is 5.73 Å². The number of carboxylic acids is 1. The second-order valence-electron chi connectivity index (χ2n) is 3.00. The topological polar surface area (TPSA) is 83.6 Å². The minimum absolute atomic E-state index is 0.516. The first-order valence-electron chi connectivity index (χ1n) is 4.07. The van der Waals surface area contributed by atoms with Crippen LogP contribution in [0.4, 0.5) is 8.78 Å². The fraction of sp³-hybridized carbons (Fsp3) is 0.222. The van der Waals surface area contributed by atoms with E-state index in [4.69, 9.17) is 10.8 Å². The summed E-state index contributed by atoms with van der Waals surface area (Å²) < 4.78 is 25.9. The van der Waals surface area contributed by atoms with E-state index in [1.807, 2.05) is 0 Å². The Morgan fingerprint density at radius 3 is 2.60 bits per heavy atom. The summed E-state index contributed by atoms with van der Waals surface area (Å²) in [5.74, 6) is -4.30. The van der Waals surface area contributed by atoms with Crippen molar-refractivity contribution < 1.29 is 23.8 Å². The molecule has 6 heteroatoms. The molecule has 0 fully saturated rings. The fourth-order valence-electron chi connectivity index (χ4n) is 1.20. The molecule has 82 valence electrons. The van der Waals surface area contributed by atoms with Crippen LogP contribution in [-0.4, -0.2) is 16.2 Å². The number of aliphatic carboxylic acids is 1. The molecule has 0 amide bonds. The Labute approximate surface area is 83.9 Å². The summed E-state index contributed by atoms with van der Waals surface area (Å²) >= 11 is 0. The molecular formula is C9H9F2NO3. The lowest BCUT2D eigenvalue weighted by atomic mass is 10.0. The van der Waals surface area contributed by atoms with Gasteiger partial charge in [-0.3, -0.25) is 4.79 Å². The van der Waals surface area contributed by atoms with Gasteiger partial charge in [0.2, 0.25) is 0 Å². The first kappa shape index (κ1) is 11.4. The molecular weight excluding hydrogens is 208 g/mol. The van der Waals surface area contributed by atoms with Crippen LogP contribution < -0.4 is 5.73 Å². The standard InChI is InChI=1S/C9H9F2NO3/c10-4-1-2-6(13)8(9(4)11)5(12)3-7(14)15/h1-2,5,13H,3,12H2,(H,14,15). The van der Waals surface area contributed by atoms with E-state index >= 15 is 0 Å². The van der Waals surface area contributed by atoms with Gasteiger partial charge in [0.1, 0.15) is 5.75 Å². The number of nitrogens with two attached hydrogens (primary N) is 1. The summed E-state index contributed by atoms with van der Waals surface area (Å²) in [6.07, 6.45) is -0.589. The SMILES string of the molecule is NC(CC(=O)O)c1c(O)ccc(F)c1F. The molecule has 0 aliphatic rings. The first-order chi connectivity index (χ1) is 6.93. The Kier molecular flexibility index (Phi) is 3.21. The Bertz CT molecular complexity index is 395. The third kappa shape index (κ3) is 2.41. The van der Waals surface area contributed by atoms with Crippen LogP contribution >= 0.6 is 0 Å². The summed E-state index contributed by atoms with van der Waals surface area (Å²) in [5, 5.41) is 17.6. The molecule has 4 N–H and O–H groups in total. The van der Waals surface area contributed by atoms with Gasteiger partial charge >= 0.3 is 5.97 Å². The summed E-state index contributed by atoms with van der Waals surface area (Å²) in [7, 11) is 0. The molecule has 1 aromatic carbocycles. The number of halogens is 2. The van der Waals surface area contributed by atoms with Gasteiger partial charge in [-0.05, 0) is 12.1 Å². The van der Waals surface area contributed by atoms with E-state index in [-0.39, 0.29) is 0 Å². The van der Waals surface area contributed by atoms with Crippen LogP contribution in [-0.2, 0) is 4.79 Å². The molecule has 0 aliphatic heterocycles. The van der Waals surface area contributed by atoms with Crippen molar-refractivity contribution in [1.29, 1.82) is 0 Å². The maximum atomic E-state index is 13.2. The number of phenolic OH excluding ortho intramolecular Hbond substituents is 1. The molecule has 0 aromatic heterocycles. The average Bonchev–Trinajstić information content (AvgIpc) is 2.11. The monoisotopic (exact) mass is 217 g/mol. The fourth-order valence-corrected chi connectivity index (χ4v) is 1.20. The van der Waals surface area contributed by atoms with Crippen LogP contribution in [0.15, 0.2) is 12.1 Å². The van der Waals surface area contributed by atoms with Crippen LogP contribution in [0.1, 0.15) is 18.0 Å². The van der Waals surface area contributed by atoms with E-state index in [1.165, 1.54) is 0 Å². The van der Waals surface area contributed by atoms with Gasteiger partial charge in [-0.25, -0.2) is 8.78 Å². The molecule has 0 aliphatic carbocycles. The molecule has 0 heterocycles. The number of rotatable bonds is 3. The van der Waals surface area contributed by atoms with Gasteiger partial charge < -0.3 is 15.9 Å². The molecule has 1 rings (SSSR count). The molecule has 0 saturated heterocycles. The molecule has 1 atom stereocenters. The van der Waals surface area contributed by atoms with Gasteiger partial charge in [-0.15, -0.1) is 0 Å². The predicted octanol–water partition coefficient (Wildman–Crippen LogP) is 1.14. The van der Waals surface area contributed by atoms with Crippen molar-refractivity contribution >= 4 is 5.97 Å². The van der Waals surface area contributed by atoms with E-state index in [1.54, 1.807) is 0 Å². The third-order valence-electron chi connectivity index (χ3n) is 1.87. The number of hydrogen-bond acceptors (Lipinski definition) is 3. The lowest BCUT2D eigenvalue weighted by Gasteiger charge is -2.12. The van der Waals surface area contributed by atoms with E-state index in [0.29, 0.717) is 0 Å².